The summed E-state index contributed by atoms with van der Waals surface area (Å²) in [4.78, 5) is 21.9. The van der Waals surface area contributed by atoms with Crippen LogP contribution in [0.2, 0.25) is 0 Å². The van der Waals surface area contributed by atoms with Crippen LogP contribution < -0.4 is 10.2 Å². The molecule has 0 saturated carbocycles. The molecule has 0 aromatic heterocycles. The maximum atomic E-state index is 10.2. The first kappa shape index (κ1) is 13.9. The van der Waals surface area contributed by atoms with Gasteiger partial charge in [0, 0.05) is 31.6 Å². The third-order valence-electron chi connectivity index (χ3n) is 1.79. The number of hydrogen-bond acceptors (Lipinski definition) is 6. The first-order valence-electron chi connectivity index (χ1n) is 4.72. The van der Waals surface area contributed by atoms with Gasteiger partial charge in [-0.3, -0.25) is 0 Å². The van der Waals surface area contributed by atoms with E-state index in [9.17, 15) is 19.8 Å². The third kappa shape index (κ3) is 9.17. The zero-order chi connectivity index (χ0) is 11.8. The van der Waals surface area contributed by atoms with Crippen molar-refractivity contribution in [1.82, 2.24) is 4.90 Å². The summed E-state index contributed by atoms with van der Waals surface area (Å²) in [5.74, 6) is -2.39. The van der Waals surface area contributed by atoms with Gasteiger partial charge in [0.2, 0.25) is 0 Å². The number of carboxylic acids is 2. The van der Waals surface area contributed by atoms with Gasteiger partial charge in [-0.2, -0.15) is 0 Å². The Balaban J connectivity index is 3.94. The molecule has 0 aliphatic carbocycles. The molecule has 1 atom stereocenters. The predicted octanol–water partition coefficient (Wildman–Crippen LogP) is -3.05. The van der Waals surface area contributed by atoms with Gasteiger partial charge in [0.25, 0.3) is 0 Å². The van der Waals surface area contributed by atoms with Crippen molar-refractivity contribution in [3.05, 3.63) is 0 Å². The van der Waals surface area contributed by atoms with Gasteiger partial charge in [-0.05, 0) is 19.8 Å². The van der Waals surface area contributed by atoms with Gasteiger partial charge in [-0.1, -0.05) is 0 Å². The standard InChI is InChI=1S/C9H17NO5/c1-7(11)6-10(4-2-8(12)13)5-3-9(14)15/h7,11H,2-6H2,1H3,(H,12,13)(H,14,15)/p-2. The minimum atomic E-state index is -1.20. The molecule has 1 unspecified atom stereocenters. The van der Waals surface area contributed by atoms with E-state index in [2.05, 4.69) is 0 Å². The normalized spacial score (nSPS) is 12.7. The second kappa shape index (κ2) is 7.19. The first-order chi connectivity index (χ1) is 6.91. The molecular formula is C9H15NO5-2. The molecule has 0 saturated heterocycles. The molecule has 0 radical (unpaired) electrons. The highest BCUT2D eigenvalue weighted by molar-refractivity contribution is 5.65. The molecule has 0 fully saturated rings. The van der Waals surface area contributed by atoms with E-state index in [1.165, 1.54) is 0 Å². The molecule has 0 heterocycles. The highest BCUT2D eigenvalue weighted by atomic mass is 16.4. The number of hydrogen-bond donors (Lipinski definition) is 1. The van der Waals surface area contributed by atoms with E-state index in [0.717, 1.165) is 0 Å². The number of aliphatic hydroxyl groups is 1. The van der Waals surface area contributed by atoms with Crippen LogP contribution in [0.5, 0.6) is 0 Å². The highest BCUT2D eigenvalue weighted by Crippen LogP contribution is 1.96. The van der Waals surface area contributed by atoms with Gasteiger partial charge in [0.1, 0.15) is 0 Å². The summed E-state index contributed by atoms with van der Waals surface area (Å²) < 4.78 is 0. The Hall–Kier alpha value is -1.14. The topological polar surface area (TPSA) is 104 Å². The number of carbonyl (C=O) groups is 2. The second-order valence-electron chi connectivity index (χ2n) is 3.39. The van der Waals surface area contributed by atoms with E-state index in [1.54, 1.807) is 11.8 Å². The zero-order valence-electron chi connectivity index (χ0n) is 8.64. The van der Waals surface area contributed by atoms with E-state index in [-0.39, 0.29) is 32.5 Å². The molecule has 6 heteroatoms. The van der Waals surface area contributed by atoms with E-state index < -0.39 is 18.0 Å². The zero-order valence-corrected chi connectivity index (χ0v) is 8.64. The van der Waals surface area contributed by atoms with Gasteiger partial charge in [-0.25, -0.2) is 0 Å². The molecular weight excluding hydrogens is 202 g/mol. The lowest BCUT2D eigenvalue weighted by Gasteiger charge is -2.23. The molecule has 15 heavy (non-hydrogen) atoms. The molecule has 0 bridgehead atoms. The SMILES string of the molecule is CC(O)CN(CCC(=O)[O-])CCC(=O)[O-]. The van der Waals surface area contributed by atoms with Crippen molar-refractivity contribution in [1.29, 1.82) is 0 Å². The number of aliphatic hydroxyl groups excluding tert-OH is 1. The van der Waals surface area contributed by atoms with E-state index >= 15 is 0 Å². The summed E-state index contributed by atoms with van der Waals surface area (Å²) in [7, 11) is 0. The Kier molecular flexibility index (Phi) is 6.64. The number of carboxylic acid groups (broad SMARTS) is 2. The van der Waals surface area contributed by atoms with Crippen molar-refractivity contribution in [2.45, 2.75) is 25.9 Å². The van der Waals surface area contributed by atoms with Crippen LogP contribution in [0.4, 0.5) is 0 Å². The molecule has 6 nitrogen and oxygen atoms in total. The van der Waals surface area contributed by atoms with Crippen molar-refractivity contribution >= 4 is 11.9 Å². The summed E-state index contributed by atoms with van der Waals surface area (Å²) in [6.45, 7) is 2.12. The van der Waals surface area contributed by atoms with Crippen LogP contribution in [-0.2, 0) is 9.59 Å². The lowest BCUT2D eigenvalue weighted by atomic mass is 10.3. The Morgan fingerprint density at radius 1 is 1.20 bits per heavy atom. The van der Waals surface area contributed by atoms with Crippen LogP contribution in [0.15, 0.2) is 0 Å². The van der Waals surface area contributed by atoms with Gasteiger partial charge in [-0.15, -0.1) is 0 Å². The number of aliphatic carboxylic acids is 2. The lowest BCUT2D eigenvalue weighted by molar-refractivity contribution is -0.306. The van der Waals surface area contributed by atoms with Gasteiger partial charge >= 0.3 is 0 Å². The molecule has 0 spiro atoms. The third-order valence-corrected chi connectivity index (χ3v) is 1.79. The fourth-order valence-electron chi connectivity index (χ4n) is 1.17. The highest BCUT2D eigenvalue weighted by Gasteiger charge is 2.07. The van der Waals surface area contributed by atoms with Gasteiger partial charge < -0.3 is 29.8 Å². The summed E-state index contributed by atoms with van der Waals surface area (Å²) >= 11 is 0. The summed E-state index contributed by atoms with van der Waals surface area (Å²) in [5, 5.41) is 29.5. The van der Waals surface area contributed by atoms with Crippen molar-refractivity contribution in [2.24, 2.45) is 0 Å². The van der Waals surface area contributed by atoms with Crippen LogP contribution in [0.3, 0.4) is 0 Å². The largest absolute Gasteiger partial charge is 0.550 e. The molecule has 0 aliphatic heterocycles. The molecule has 0 amide bonds. The van der Waals surface area contributed by atoms with Gasteiger partial charge in [0.05, 0.1) is 6.10 Å². The van der Waals surface area contributed by atoms with Crippen LogP contribution in [-0.4, -0.2) is 47.7 Å². The lowest BCUT2D eigenvalue weighted by Crippen LogP contribution is -2.38. The Morgan fingerprint density at radius 3 is 1.87 bits per heavy atom. The fraction of sp³-hybridized carbons (Fsp3) is 0.778. The summed E-state index contributed by atoms with van der Waals surface area (Å²) in [6, 6.07) is 0. The maximum Gasteiger partial charge on any atom is 0.0639 e. The summed E-state index contributed by atoms with van der Waals surface area (Å²) in [6.07, 6.45) is -0.993. The van der Waals surface area contributed by atoms with Crippen LogP contribution >= 0.6 is 0 Å². The molecule has 88 valence electrons. The molecule has 0 aromatic rings. The van der Waals surface area contributed by atoms with Crippen LogP contribution in [0, 0.1) is 0 Å². The monoisotopic (exact) mass is 217 g/mol. The molecule has 0 aromatic carbocycles. The Morgan fingerprint density at radius 2 is 1.60 bits per heavy atom. The Labute approximate surface area is 88.1 Å². The van der Waals surface area contributed by atoms with Crippen LogP contribution in [0.1, 0.15) is 19.8 Å². The smallest absolute Gasteiger partial charge is 0.0639 e. The van der Waals surface area contributed by atoms with E-state index in [0.29, 0.717) is 0 Å². The van der Waals surface area contributed by atoms with Crippen LogP contribution in [0.25, 0.3) is 0 Å². The van der Waals surface area contributed by atoms with Crippen molar-refractivity contribution < 1.29 is 24.9 Å². The van der Waals surface area contributed by atoms with E-state index in [4.69, 9.17) is 5.11 Å². The van der Waals surface area contributed by atoms with Crippen molar-refractivity contribution in [3.8, 4) is 0 Å². The molecule has 1 N–H and O–H groups in total. The van der Waals surface area contributed by atoms with E-state index in [1.807, 2.05) is 0 Å². The quantitative estimate of drug-likeness (QED) is 0.463. The maximum absolute atomic E-state index is 10.2. The van der Waals surface area contributed by atoms with Crippen molar-refractivity contribution in [3.63, 3.8) is 0 Å². The number of rotatable bonds is 8. The minimum absolute atomic E-state index is 0.167. The molecule has 0 aliphatic rings. The average Bonchev–Trinajstić information content (AvgIpc) is 2.08. The minimum Gasteiger partial charge on any atom is -0.550 e. The fourth-order valence-corrected chi connectivity index (χ4v) is 1.17. The van der Waals surface area contributed by atoms with Crippen molar-refractivity contribution in [2.75, 3.05) is 19.6 Å². The first-order valence-corrected chi connectivity index (χ1v) is 4.72. The number of nitrogens with zero attached hydrogens (tertiary/aromatic N) is 1. The molecule has 0 rings (SSSR count). The number of carbonyl (C=O) groups excluding carboxylic acids is 2. The Bertz CT molecular complexity index is 199. The predicted molar refractivity (Wildman–Crippen MR) is 47.4 cm³/mol. The summed E-state index contributed by atoms with van der Waals surface area (Å²) in [5.41, 5.74) is 0. The van der Waals surface area contributed by atoms with Gasteiger partial charge in [0.15, 0.2) is 0 Å². The second-order valence-corrected chi connectivity index (χ2v) is 3.39. The average molecular weight is 217 g/mol.